The summed E-state index contributed by atoms with van der Waals surface area (Å²) in [6, 6.07) is 8.93. The molecule has 0 saturated carbocycles. The molecule has 3 heteroatoms. The summed E-state index contributed by atoms with van der Waals surface area (Å²) in [5.74, 6) is -0.802. The number of Topliss-reactive ketones (excluding diaryl/α,β-unsaturated/α-hetero) is 2. The van der Waals surface area contributed by atoms with Gasteiger partial charge in [0, 0.05) is 0 Å². The molecule has 2 nitrogen and oxygen atoms in total. The van der Waals surface area contributed by atoms with Gasteiger partial charge in [0.1, 0.15) is 0 Å². The van der Waals surface area contributed by atoms with Crippen LogP contribution in [0.2, 0.25) is 0 Å². The van der Waals surface area contributed by atoms with Gasteiger partial charge in [0.05, 0.1) is 0 Å². The van der Waals surface area contributed by atoms with Crippen LogP contribution >= 0.6 is 0 Å². The van der Waals surface area contributed by atoms with Crippen LogP contribution in [-0.2, 0) is 0 Å². The van der Waals surface area contributed by atoms with Crippen molar-refractivity contribution in [2.24, 2.45) is 0 Å². The fraction of sp³-hybridized carbons (Fsp3) is 0. The van der Waals surface area contributed by atoms with Crippen LogP contribution in [0.5, 0.6) is 0 Å². The summed E-state index contributed by atoms with van der Waals surface area (Å²) < 4.78 is 0. The van der Waals surface area contributed by atoms with E-state index in [2.05, 4.69) is 6.47 Å². The van der Waals surface area contributed by atoms with Crippen LogP contribution in [0.1, 0.15) is 20.7 Å². The molecule has 0 fully saturated rings. The van der Waals surface area contributed by atoms with Crippen molar-refractivity contribution in [3.63, 3.8) is 0 Å². The Kier molecular flexibility index (Phi) is 1.72. The third-order valence-electron chi connectivity index (χ3n) is 2.99. The van der Waals surface area contributed by atoms with E-state index in [0.29, 0.717) is 11.1 Å². The molecule has 0 aromatic heterocycles. The number of hydrogen-bond acceptors (Lipinski definition) is 2. The van der Waals surface area contributed by atoms with E-state index < -0.39 is 11.6 Å². The van der Waals surface area contributed by atoms with Gasteiger partial charge in [0.2, 0.25) is 0 Å². The SMILES string of the molecule is C=Bc1ccc2c3c(cccc13)C(=O)C2=O. The second-order valence-corrected chi connectivity index (χ2v) is 3.79. The van der Waals surface area contributed by atoms with Crippen LogP contribution in [0, 0.1) is 0 Å². The second kappa shape index (κ2) is 2.98. The monoisotopic (exact) mass is 206 g/mol. The second-order valence-electron chi connectivity index (χ2n) is 3.79. The predicted octanol–water partition coefficient (Wildman–Crippen LogP) is 0.980. The van der Waals surface area contributed by atoms with Crippen LogP contribution in [-0.4, -0.2) is 25.0 Å². The van der Waals surface area contributed by atoms with E-state index in [9.17, 15) is 9.59 Å². The average molecular weight is 206 g/mol. The Hall–Kier alpha value is -2.03. The molecule has 0 atom stereocenters. The summed E-state index contributed by atoms with van der Waals surface area (Å²) in [7, 11) is 0. The fourth-order valence-corrected chi connectivity index (χ4v) is 2.23. The molecule has 0 unspecified atom stereocenters. The van der Waals surface area contributed by atoms with Crippen molar-refractivity contribution in [3.05, 3.63) is 41.5 Å². The van der Waals surface area contributed by atoms with E-state index in [4.69, 9.17) is 0 Å². The zero-order chi connectivity index (χ0) is 11.3. The van der Waals surface area contributed by atoms with Crippen LogP contribution in [0.25, 0.3) is 10.8 Å². The molecule has 3 rings (SSSR count). The van der Waals surface area contributed by atoms with E-state index in [0.717, 1.165) is 16.2 Å². The molecular formula is C13H7BO2. The quantitative estimate of drug-likeness (QED) is 0.514. The molecule has 0 saturated heterocycles. The minimum atomic E-state index is -0.401. The van der Waals surface area contributed by atoms with Gasteiger partial charge in [-0.2, -0.15) is 0 Å². The van der Waals surface area contributed by atoms with E-state index in [1.165, 1.54) is 0 Å². The van der Waals surface area contributed by atoms with Gasteiger partial charge >= 0.3 is 92.2 Å². The summed E-state index contributed by atoms with van der Waals surface area (Å²) in [5, 5.41) is 1.69. The molecule has 0 aliphatic heterocycles. The van der Waals surface area contributed by atoms with Crippen LogP contribution in [0.4, 0.5) is 0 Å². The molecule has 2 aromatic rings. The molecule has 16 heavy (non-hydrogen) atoms. The first-order chi connectivity index (χ1) is 7.74. The minimum absolute atomic E-state index is 0.401. The standard InChI is InChI=1S/C13H7BO2/c1-14-10-6-5-9-11-7(10)3-2-4-8(11)12(15)13(9)16/h2-6H,1H2. The Bertz CT molecular complexity index is 651. The summed E-state index contributed by atoms with van der Waals surface area (Å²) in [6.07, 6.45) is 0. The zero-order valence-corrected chi connectivity index (χ0v) is 8.49. The van der Waals surface area contributed by atoms with E-state index in [-0.39, 0.29) is 0 Å². The molecule has 0 N–H and O–H groups in total. The first-order valence-corrected chi connectivity index (χ1v) is 5.01. The van der Waals surface area contributed by atoms with Gasteiger partial charge in [-0.1, -0.05) is 0 Å². The Morgan fingerprint density at radius 1 is 0.938 bits per heavy atom. The van der Waals surface area contributed by atoms with E-state index >= 15 is 0 Å². The van der Waals surface area contributed by atoms with Crippen molar-refractivity contribution < 1.29 is 9.59 Å². The maximum atomic E-state index is 11.7. The molecule has 0 radical (unpaired) electrons. The van der Waals surface area contributed by atoms with Crippen LogP contribution < -0.4 is 5.46 Å². The molecule has 0 spiro atoms. The van der Waals surface area contributed by atoms with Crippen LogP contribution in [0.3, 0.4) is 0 Å². The van der Waals surface area contributed by atoms with Crippen molar-refractivity contribution in [1.29, 1.82) is 0 Å². The normalized spacial score (nSPS) is 13.2. The van der Waals surface area contributed by atoms with Crippen molar-refractivity contribution in [2.45, 2.75) is 0 Å². The molecular weight excluding hydrogens is 199 g/mol. The molecule has 1 aliphatic carbocycles. The Morgan fingerprint density at radius 2 is 1.62 bits per heavy atom. The summed E-state index contributed by atoms with van der Waals surface area (Å²) in [6.45, 7) is 5.46. The number of ketones is 2. The molecule has 0 heterocycles. The van der Waals surface area contributed by atoms with Gasteiger partial charge < -0.3 is 0 Å². The summed E-state index contributed by atoms with van der Waals surface area (Å²) in [4.78, 5) is 23.4. The molecule has 2 aromatic carbocycles. The van der Waals surface area contributed by atoms with Gasteiger partial charge in [0.15, 0.2) is 0 Å². The summed E-state index contributed by atoms with van der Waals surface area (Å²) >= 11 is 0. The maximum absolute atomic E-state index is 11.7. The number of benzene rings is 2. The van der Waals surface area contributed by atoms with Crippen LogP contribution in [0.15, 0.2) is 30.3 Å². The van der Waals surface area contributed by atoms with E-state index in [1.54, 1.807) is 25.1 Å². The predicted molar refractivity (Wildman–Crippen MR) is 65.1 cm³/mol. The summed E-state index contributed by atoms with van der Waals surface area (Å²) in [5.41, 5.74) is 1.98. The van der Waals surface area contributed by atoms with Crippen molar-refractivity contribution in [1.82, 2.24) is 0 Å². The number of carbonyl (C=O) groups excluding carboxylic acids is 2. The third kappa shape index (κ3) is 0.950. The zero-order valence-electron chi connectivity index (χ0n) is 8.49. The number of rotatable bonds is 1. The number of hydrogen-bond donors (Lipinski definition) is 0. The van der Waals surface area contributed by atoms with Crippen molar-refractivity contribution in [2.75, 3.05) is 0 Å². The van der Waals surface area contributed by atoms with E-state index in [1.807, 2.05) is 12.1 Å². The van der Waals surface area contributed by atoms with Gasteiger partial charge in [-0.05, 0) is 0 Å². The Morgan fingerprint density at radius 3 is 2.31 bits per heavy atom. The topological polar surface area (TPSA) is 34.1 Å². The van der Waals surface area contributed by atoms with Gasteiger partial charge in [-0.15, -0.1) is 0 Å². The first-order valence-electron chi connectivity index (χ1n) is 5.01. The third-order valence-corrected chi connectivity index (χ3v) is 2.99. The molecule has 0 amide bonds. The van der Waals surface area contributed by atoms with Gasteiger partial charge in [-0.25, -0.2) is 0 Å². The Balaban J connectivity index is 2.59. The van der Waals surface area contributed by atoms with Crippen molar-refractivity contribution in [3.8, 4) is 0 Å². The number of carbonyl (C=O) groups is 2. The molecule has 0 bridgehead atoms. The van der Waals surface area contributed by atoms with Crippen molar-refractivity contribution >= 4 is 41.2 Å². The first kappa shape index (κ1) is 9.22. The average Bonchev–Trinajstić information content (AvgIpc) is 2.57. The van der Waals surface area contributed by atoms with Gasteiger partial charge in [-0.3, -0.25) is 0 Å². The Labute approximate surface area is 92.8 Å². The molecule has 1 aliphatic rings. The van der Waals surface area contributed by atoms with Gasteiger partial charge in [0.25, 0.3) is 0 Å². The fourth-order valence-electron chi connectivity index (χ4n) is 2.23. The molecule has 74 valence electrons.